The maximum Gasteiger partial charge on any atom is 0.408 e. The highest BCUT2D eigenvalue weighted by atomic mass is 35.5. The van der Waals surface area contributed by atoms with Crippen LogP contribution in [0.25, 0.3) is 10.8 Å². The van der Waals surface area contributed by atoms with Crippen molar-refractivity contribution in [3.05, 3.63) is 65.9 Å². The third-order valence-electron chi connectivity index (χ3n) is 9.74. The molecule has 54 heavy (non-hydrogen) atoms. The van der Waals surface area contributed by atoms with Gasteiger partial charge in [-0.2, -0.15) is 0 Å². The minimum Gasteiger partial charge on any atom is -0.494 e. The van der Waals surface area contributed by atoms with E-state index in [-0.39, 0.29) is 37.3 Å². The average molecular weight is 767 g/mol. The Balaban J connectivity index is 1.71. The molecule has 12 nitrogen and oxygen atoms in total. The first-order valence-electron chi connectivity index (χ1n) is 18.6. The van der Waals surface area contributed by atoms with E-state index in [4.69, 9.17) is 30.5 Å². The van der Waals surface area contributed by atoms with Gasteiger partial charge in [-0.05, 0) is 89.3 Å². The zero-order valence-corrected chi connectivity index (χ0v) is 33.3. The molecule has 2 N–H and O–H groups in total. The highest BCUT2D eigenvalue weighted by Crippen LogP contribution is 2.38. The highest BCUT2D eigenvalue weighted by Gasteiger charge is 2.46. The number of carbonyl (C=O) groups excluding carboxylic acids is 4. The Labute approximate surface area is 323 Å². The lowest BCUT2D eigenvalue weighted by Crippen LogP contribution is -2.57. The first-order chi connectivity index (χ1) is 25.6. The Kier molecular flexibility index (Phi) is 14.6. The number of nitrogens with one attached hydrogen (secondary N) is 2. The number of alkyl carbamates (subject to hydrolysis) is 1. The molecular weight excluding hydrogens is 712 g/mol. The van der Waals surface area contributed by atoms with Crippen LogP contribution in [-0.2, 0) is 23.9 Å². The molecule has 2 heterocycles. The number of ether oxygens (including phenoxy) is 4. The molecule has 4 rings (SSSR count). The number of hydrogen-bond acceptors (Lipinski definition) is 9. The third kappa shape index (κ3) is 10.3. The second-order valence-corrected chi connectivity index (χ2v) is 15.5. The predicted molar refractivity (Wildman–Crippen MR) is 208 cm³/mol. The average Bonchev–Trinajstić information content (AvgIpc) is 3.73. The number of rotatable bonds is 16. The molecule has 1 saturated heterocycles. The molecule has 3 amide bonds. The summed E-state index contributed by atoms with van der Waals surface area (Å²) in [6, 6.07) is 2.65. The lowest BCUT2D eigenvalue weighted by molar-refractivity contribution is -0.142. The number of nitrogens with zero attached hydrogens (tertiary/aromatic N) is 2. The molecule has 1 fully saturated rings. The fourth-order valence-electron chi connectivity index (χ4n) is 7.25. The van der Waals surface area contributed by atoms with E-state index in [9.17, 15) is 19.2 Å². The van der Waals surface area contributed by atoms with Crippen molar-refractivity contribution < 1.29 is 38.1 Å². The molecule has 1 aromatic heterocycles. The zero-order valence-electron chi connectivity index (χ0n) is 32.5. The molecule has 1 aliphatic carbocycles. The van der Waals surface area contributed by atoms with Gasteiger partial charge in [0, 0.05) is 17.2 Å². The Hall–Kier alpha value is -4.58. The smallest absolute Gasteiger partial charge is 0.408 e. The van der Waals surface area contributed by atoms with Crippen LogP contribution in [0.2, 0.25) is 5.02 Å². The number of benzene rings is 1. The maximum absolute atomic E-state index is 14.8. The lowest BCUT2D eigenvalue weighted by Gasteiger charge is -2.33. The number of hydrogen-bond donors (Lipinski definition) is 2. The van der Waals surface area contributed by atoms with Crippen molar-refractivity contribution in [2.24, 2.45) is 11.8 Å². The summed E-state index contributed by atoms with van der Waals surface area (Å²) in [6.07, 6.45) is 6.97. The SMILES string of the molecule is C=CCCC(C)C[C@@H](C)C(NC(=O)OC(C)(C)C)C(=O)N1C[C@H](Oc2ncc(OC)c3c(Cl)cccc23)C[C@H]1C(=O)NC1CCC(C=C)=C1C(=O)OCC. The molecule has 0 radical (unpaired) electrons. The van der Waals surface area contributed by atoms with Crippen LogP contribution in [0, 0.1) is 11.8 Å². The zero-order chi connectivity index (χ0) is 39.7. The van der Waals surface area contributed by atoms with Gasteiger partial charge in [0.25, 0.3) is 0 Å². The number of likely N-dealkylation sites (tertiary alicyclic amines) is 1. The number of fused-ring (bicyclic) bond motifs is 1. The number of amides is 3. The normalized spacial score (nSPS) is 20.1. The lowest BCUT2D eigenvalue weighted by atomic mass is 9.88. The summed E-state index contributed by atoms with van der Waals surface area (Å²) in [6.45, 7) is 18.8. The van der Waals surface area contributed by atoms with Crippen LogP contribution >= 0.6 is 11.6 Å². The largest absolute Gasteiger partial charge is 0.494 e. The van der Waals surface area contributed by atoms with Gasteiger partial charge >= 0.3 is 12.1 Å². The molecule has 294 valence electrons. The second kappa shape index (κ2) is 18.6. The van der Waals surface area contributed by atoms with Crippen LogP contribution in [0.3, 0.4) is 0 Å². The minimum absolute atomic E-state index is 0.0150. The van der Waals surface area contributed by atoms with Crippen LogP contribution in [0.5, 0.6) is 11.6 Å². The number of halogens is 1. The van der Waals surface area contributed by atoms with Gasteiger partial charge in [0.1, 0.15) is 29.5 Å². The Morgan fingerprint density at radius 2 is 1.91 bits per heavy atom. The molecule has 6 atom stereocenters. The predicted octanol–water partition coefficient (Wildman–Crippen LogP) is 7.09. The molecule has 3 unspecified atom stereocenters. The Bertz CT molecular complexity index is 1750. The molecule has 0 saturated carbocycles. The van der Waals surface area contributed by atoms with Crippen LogP contribution in [0.1, 0.15) is 80.1 Å². The maximum atomic E-state index is 14.8. The number of pyridine rings is 1. The van der Waals surface area contributed by atoms with Crippen molar-refractivity contribution in [2.45, 2.75) is 110 Å². The fourth-order valence-corrected chi connectivity index (χ4v) is 7.51. The van der Waals surface area contributed by atoms with Crippen molar-refractivity contribution in [3.8, 4) is 11.6 Å². The molecule has 1 aliphatic heterocycles. The number of aromatic nitrogens is 1. The van der Waals surface area contributed by atoms with Gasteiger partial charge in [0.15, 0.2) is 0 Å². The number of allylic oxidation sites excluding steroid dienone is 3. The van der Waals surface area contributed by atoms with Crippen molar-refractivity contribution in [1.82, 2.24) is 20.5 Å². The standard InChI is InChI=1S/C41H55ClN4O8/c1-10-13-15-24(4)20-25(5)35(45-40(50)54-41(6,7)8)38(48)46-23-27(53-37-28-16-14-17-29(42)34(28)32(51-9)22-43-37)21-31(46)36(47)44-30-19-18-26(11-2)33(30)39(49)52-12-3/h10-11,14,16-17,22,24-25,27,30-31,35H,1-2,12-13,15,18-21,23H2,3-9H3,(H,44,47)(H,45,50)/t24?,25-,27-,30?,31+,35?/m1/s1. The van der Waals surface area contributed by atoms with E-state index in [0.29, 0.717) is 52.0 Å². The van der Waals surface area contributed by atoms with E-state index in [1.807, 2.05) is 19.1 Å². The number of methoxy groups -OCH3 is 1. The summed E-state index contributed by atoms with van der Waals surface area (Å²) >= 11 is 6.56. The van der Waals surface area contributed by atoms with Crippen LogP contribution in [-0.4, -0.2) is 83.9 Å². The van der Waals surface area contributed by atoms with E-state index in [1.165, 1.54) is 18.2 Å². The van der Waals surface area contributed by atoms with Crippen LogP contribution in [0.15, 0.2) is 60.9 Å². The summed E-state index contributed by atoms with van der Waals surface area (Å²) in [7, 11) is 1.53. The minimum atomic E-state index is -1.02. The van der Waals surface area contributed by atoms with Gasteiger partial charge in [-0.1, -0.05) is 50.2 Å². The van der Waals surface area contributed by atoms with Crippen LogP contribution < -0.4 is 20.1 Å². The van der Waals surface area contributed by atoms with E-state index >= 15 is 0 Å². The van der Waals surface area contributed by atoms with Gasteiger partial charge in [-0.25, -0.2) is 14.6 Å². The van der Waals surface area contributed by atoms with E-state index in [2.05, 4.69) is 35.7 Å². The molecular formula is C41H55ClN4O8. The van der Waals surface area contributed by atoms with E-state index in [0.717, 1.165) is 12.8 Å². The topological polar surface area (TPSA) is 145 Å². The summed E-state index contributed by atoms with van der Waals surface area (Å²) in [5.41, 5.74) is 0.248. The molecule has 13 heteroatoms. The summed E-state index contributed by atoms with van der Waals surface area (Å²) in [5, 5.41) is 7.53. The summed E-state index contributed by atoms with van der Waals surface area (Å²) in [4.78, 5) is 61.3. The quantitative estimate of drug-likeness (QED) is 0.135. The first-order valence-corrected chi connectivity index (χ1v) is 19.0. The third-order valence-corrected chi connectivity index (χ3v) is 10.1. The van der Waals surface area contributed by atoms with Gasteiger partial charge in [-0.3, -0.25) is 9.59 Å². The second-order valence-electron chi connectivity index (χ2n) is 15.0. The van der Waals surface area contributed by atoms with Gasteiger partial charge in [-0.15, -0.1) is 6.58 Å². The van der Waals surface area contributed by atoms with Crippen molar-refractivity contribution in [3.63, 3.8) is 0 Å². The van der Waals surface area contributed by atoms with E-state index < -0.39 is 53.7 Å². The molecule has 2 aliphatic rings. The summed E-state index contributed by atoms with van der Waals surface area (Å²) in [5.74, 6) is -0.816. The van der Waals surface area contributed by atoms with E-state index in [1.54, 1.807) is 45.9 Å². The highest BCUT2D eigenvalue weighted by molar-refractivity contribution is 6.36. The van der Waals surface area contributed by atoms with Gasteiger partial charge in [0.2, 0.25) is 17.7 Å². The van der Waals surface area contributed by atoms with Gasteiger partial charge in [0.05, 0.1) is 43.1 Å². The molecule has 0 spiro atoms. The molecule has 2 aromatic rings. The van der Waals surface area contributed by atoms with Gasteiger partial charge < -0.3 is 34.5 Å². The summed E-state index contributed by atoms with van der Waals surface area (Å²) < 4.78 is 22.9. The van der Waals surface area contributed by atoms with Crippen molar-refractivity contribution >= 4 is 46.3 Å². The number of esters is 1. The van der Waals surface area contributed by atoms with Crippen molar-refractivity contribution in [1.29, 1.82) is 0 Å². The van der Waals surface area contributed by atoms with Crippen LogP contribution in [0.4, 0.5) is 4.79 Å². The molecule has 0 bridgehead atoms. The fraction of sp³-hybridized carbons (Fsp3) is 0.537. The Morgan fingerprint density at radius 1 is 1.17 bits per heavy atom. The first kappa shape index (κ1) is 42.2. The molecule has 1 aromatic carbocycles. The Morgan fingerprint density at radius 3 is 2.56 bits per heavy atom. The monoisotopic (exact) mass is 766 g/mol. The van der Waals surface area contributed by atoms with Crippen molar-refractivity contribution in [2.75, 3.05) is 20.3 Å². The number of carbonyl (C=O) groups is 4.